The molecule has 0 atom stereocenters. The Morgan fingerprint density at radius 2 is 1.86 bits per heavy atom. The molecule has 0 aliphatic heterocycles. The Kier molecular flexibility index (Phi) is 5.15. The molecule has 0 amide bonds. The fourth-order valence-electron chi connectivity index (χ4n) is 2.54. The molecule has 2 rings (SSSR count). The van der Waals surface area contributed by atoms with Crippen LogP contribution >= 0.6 is 0 Å². The quantitative estimate of drug-likeness (QED) is 0.625. The summed E-state index contributed by atoms with van der Waals surface area (Å²) in [6.45, 7) is 3.43. The van der Waals surface area contributed by atoms with Gasteiger partial charge in [0.2, 0.25) is 0 Å². The highest BCUT2D eigenvalue weighted by atomic mass is 16.5. The molecule has 0 spiro atoms. The first-order chi connectivity index (χ1) is 10.5. The van der Waals surface area contributed by atoms with Crippen molar-refractivity contribution < 1.29 is 19.1 Å². The number of hydrogen-bond donors (Lipinski definition) is 0. The lowest BCUT2D eigenvalue weighted by Crippen LogP contribution is -2.03. The maximum atomic E-state index is 11.2. The van der Waals surface area contributed by atoms with Gasteiger partial charge in [-0.2, -0.15) is 0 Å². The second kappa shape index (κ2) is 7.07. The van der Waals surface area contributed by atoms with Crippen LogP contribution in [-0.4, -0.2) is 19.0 Å². The zero-order chi connectivity index (χ0) is 16.1. The average Bonchev–Trinajstić information content (AvgIpc) is 2.48. The van der Waals surface area contributed by atoms with Crippen LogP contribution in [0.15, 0.2) is 30.3 Å². The lowest BCUT2D eigenvalue weighted by Gasteiger charge is -2.11. The first kappa shape index (κ1) is 16.0. The fourth-order valence-corrected chi connectivity index (χ4v) is 2.54. The Labute approximate surface area is 130 Å². The molecular formula is C18H20O4. The largest absolute Gasteiger partial charge is 0.469 e. The van der Waals surface area contributed by atoms with E-state index in [1.807, 2.05) is 25.1 Å². The van der Waals surface area contributed by atoms with Crippen molar-refractivity contribution in [2.24, 2.45) is 0 Å². The molecular weight excluding hydrogens is 280 g/mol. The number of aryl methyl sites for hydroxylation is 2. The van der Waals surface area contributed by atoms with Gasteiger partial charge >= 0.3 is 11.9 Å². The first-order valence-electron chi connectivity index (χ1n) is 7.28. The molecule has 0 aliphatic rings. The van der Waals surface area contributed by atoms with Crippen molar-refractivity contribution in [2.45, 2.75) is 33.1 Å². The third-order valence-corrected chi connectivity index (χ3v) is 3.64. The van der Waals surface area contributed by atoms with E-state index in [1.54, 1.807) is 6.07 Å². The Bertz CT molecular complexity index is 704. The van der Waals surface area contributed by atoms with E-state index in [9.17, 15) is 9.59 Å². The number of methoxy groups -OCH3 is 1. The van der Waals surface area contributed by atoms with Crippen molar-refractivity contribution in [1.82, 2.24) is 0 Å². The van der Waals surface area contributed by atoms with Gasteiger partial charge in [-0.05, 0) is 53.8 Å². The average molecular weight is 300 g/mol. The predicted octanol–water partition coefficient (Wildman–Crippen LogP) is 3.57. The molecule has 0 radical (unpaired) electrons. The van der Waals surface area contributed by atoms with E-state index in [2.05, 4.69) is 10.8 Å². The minimum Gasteiger partial charge on any atom is -0.469 e. The van der Waals surface area contributed by atoms with E-state index >= 15 is 0 Å². The number of benzene rings is 2. The van der Waals surface area contributed by atoms with Crippen LogP contribution < -0.4 is 4.74 Å². The van der Waals surface area contributed by atoms with Crippen molar-refractivity contribution in [2.75, 3.05) is 7.11 Å². The predicted molar refractivity (Wildman–Crippen MR) is 84.9 cm³/mol. The van der Waals surface area contributed by atoms with Crippen molar-refractivity contribution in [1.29, 1.82) is 0 Å². The summed E-state index contributed by atoms with van der Waals surface area (Å²) >= 11 is 0. The lowest BCUT2D eigenvalue weighted by atomic mass is 9.95. The zero-order valence-corrected chi connectivity index (χ0v) is 13.1. The van der Waals surface area contributed by atoms with Crippen LogP contribution in [0.2, 0.25) is 0 Å². The van der Waals surface area contributed by atoms with Gasteiger partial charge in [-0.1, -0.05) is 18.2 Å². The van der Waals surface area contributed by atoms with E-state index in [1.165, 1.54) is 19.6 Å². The van der Waals surface area contributed by atoms with Gasteiger partial charge in [0.1, 0.15) is 5.75 Å². The van der Waals surface area contributed by atoms with Crippen LogP contribution in [0.3, 0.4) is 0 Å². The summed E-state index contributed by atoms with van der Waals surface area (Å²) in [5.74, 6) is 0.0116. The second-order valence-corrected chi connectivity index (χ2v) is 5.27. The molecule has 0 bridgehead atoms. The molecule has 116 valence electrons. The van der Waals surface area contributed by atoms with Gasteiger partial charge in [0, 0.05) is 13.3 Å². The van der Waals surface area contributed by atoms with Gasteiger partial charge in [-0.3, -0.25) is 9.59 Å². The molecule has 0 fully saturated rings. The van der Waals surface area contributed by atoms with E-state index in [0.29, 0.717) is 12.2 Å². The zero-order valence-electron chi connectivity index (χ0n) is 13.1. The van der Waals surface area contributed by atoms with Gasteiger partial charge < -0.3 is 9.47 Å². The summed E-state index contributed by atoms with van der Waals surface area (Å²) < 4.78 is 9.84. The standard InChI is InChI=1S/C18H20O4/c1-12-7-8-14-9-10-15(22-13(2)19)11-17(14)16(12)5-4-6-18(20)21-3/h7-11H,4-6H2,1-3H3. The van der Waals surface area contributed by atoms with E-state index in [-0.39, 0.29) is 11.9 Å². The first-order valence-corrected chi connectivity index (χ1v) is 7.28. The molecule has 0 N–H and O–H groups in total. The van der Waals surface area contributed by atoms with Gasteiger partial charge in [0.15, 0.2) is 0 Å². The molecule has 4 heteroatoms. The van der Waals surface area contributed by atoms with Gasteiger partial charge in [-0.15, -0.1) is 0 Å². The number of rotatable bonds is 5. The Balaban J connectivity index is 2.31. The summed E-state index contributed by atoms with van der Waals surface area (Å²) in [6, 6.07) is 9.73. The Morgan fingerprint density at radius 1 is 1.14 bits per heavy atom. The molecule has 0 aromatic heterocycles. The number of carbonyl (C=O) groups excluding carboxylic acids is 2. The summed E-state index contributed by atoms with van der Waals surface area (Å²) in [5.41, 5.74) is 2.34. The van der Waals surface area contributed by atoms with E-state index in [0.717, 1.165) is 29.2 Å². The van der Waals surface area contributed by atoms with E-state index in [4.69, 9.17) is 4.74 Å². The molecule has 2 aromatic carbocycles. The van der Waals surface area contributed by atoms with Gasteiger partial charge in [0.25, 0.3) is 0 Å². The third kappa shape index (κ3) is 3.85. The normalized spacial score (nSPS) is 10.5. The Morgan fingerprint density at radius 3 is 2.55 bits per heavy atom. The minimum absolute atomic E-state index is 0.196. The molecule has 0 heterocycles. The topological polar surface area (TPSA) is 52.6 Å². The number of hydrogen-bond acceptors (Lipinski definition) is 4. The maximum Gasteiger partial charge on any atom is 0.308 e. The molecule has 2 aromatic rings. The molecule has 0 aliphatic carbocycles. The second-order valence-electron chi connectivity index (χ2n) is 5.27. The van der Waals surface area contributed by atoms with Crippen LogP contribution in [0.5, 0.6) is 5.75 Å². The van der Waals surface area contributed by atoms with E-state index < -0.39 is 0 Å². The van der Waals surface area contributed by atoms with Crippen LogP contribution in [0.4, 0.5) is 0 Å². The molecule has 22 heavy (non-hydrogen) atoms. The van der Waals surface area contributed by atoms with Gasteiger partial charge in [0.05, 0.1) is 7.11 Å². The third-order valence-electron chi connectivity index (χ3n) is 3.64. The molecule has 0 unspecified atom stereocenters. The number of esters is 2. The van der Waals surface area contributed by atoms with Crippen LogP contribution in [0.25, 0.3) is 10.8 Å². The monoisotopic (exact) mass is 300 g/mol. The SMILES string of the molecule is COC(=O)CCCc1c(C)ccc2ccc(OC(C)=O)cc12. The van der Waals surface area contributed by atoms with Crippen molar-refractivity contribution in [3.63, 3.8) is 0 Å². The highest BCUT2D eigenvalue weighted by Gasteiger charge is 2.09. The summed E-state index contributed by atoms with van der Waals surface area (Å²) in [5, 5.41) is 2.15. The number of ether oxygens (including phenoxy) is 2. The van der Waals surface area contributed by atoms with Crippen LogP contribution in [0, 0.1) is 6.92 Å². The maximum absolute atomic E-state index is 11.2. The van der Waals surface area contributed by atoms with Crippen molar-refractivity contribution in [3.05, 3.63) is 41.5 Å². The van der Waals surface area contributed by atoms with Crippen molar-refractivity contribution in [3.8, 4) is 5.75 Å². The fraction of sp³-hybridized carbons (Fsp3) is 0.333. The number of fused-ring (bicyclic) bond motifs is 1. The summed E-state index contributed by atoms with van der Waals surface area (Å²) in [6.07, 6.45) is 1.90. The smallest absolute Gasteiger partial charge is 0.308 e. The summed E-state index contributed by atoms with van der Waals surface area (Å²) in [7, 11) is 1.40. The van der Waals surface area contributed by atoms with Crippen LogP contribution in [0.1, 0.15) is 30.9 Å². The highest BCUT2D eigenvalue weighted by Crippen LogP contribution is 2.28. The minimum atomic E-state index is -0.334. The van der Waals surface area contributed by atoms with Crippen molar-refractivity contribution >= 4 is 22.7 Å². The number of carbonyl (C=O) groups is 2. The molecule has 4 nitrogen and oxygen atoms in total. The lowest BCUT2D eigenvalue weighted by molar-refractivity contribution is -0.140. The molecule has 0 saturated heterocycles. The van der Waals surface area contributed by atoms with Gasteiger partial charge in [-0.25, -0.2) is 0 Å². The highest BCUT2D eigenvalue weighted by molar-refractivity contribution is 5.88. The van der Waals surface area contributed by atoms with Crippen LogP contribution in [-0.2, 0) is 20.7 Å². The summed E-state index contributed by atoms with van der Waals surface area (Å²) in [4.78, 5) is 22.4. The molecule has 0 saturated carbocycles. The Hall–Kier alpha value is -2.36.